The first-order chi connectivity index (χ1) is 35.1. The molecule has 13 rings (SSSR count). The zero-order chi connectivity index (χ0) is 47.3. The molecule has 0 atom stereocenters. The third-order valence-corrected chi connectivity index (χ3v) is 14.2. The van der Waals surface area contributed by atoms with Crippen LogP contribution in [0.4, 0.5) is 34.1 Å². The van der Waals surface area contributed by atoms with Crippen molar-refractivity contribution < 1.29 is 0 Å². The van der Waals surface area contributed by atoms with Gasteiger partial charge in [-0.15, -0.1) is 0 Å². The van der Waals surface area contributed by atoms with Crippen molar-refractivity contribution in [1.29, 1.82) is 0 Å². The van der Waals surface area contributed by atoms with E-state index in [-0.39, 0.29) is 0 Å². The fourth-order valence-corrected chi connectivity index (χ4v) is 10.8. The zero-order valence-corrected chi connectivity index (χ0v) is 39.4. The highest BCUT2D eigenvalue weighted by atomic mass is 15.1. The molecule has 2 nitrogen and oxygen atoms in total. The third-order valence-electron chi connectivity index (χ3n) is 14.2. The van der Waals surface area contributed by atoms with Gasteiger partial charge in [0.1, 0.15) is 0 Å². The Morgan fingerprint density at radius 1 is 0.239 bits per heavy atom. The van der Waals surface area contributed by atoms with Gasteiger partial charge >= 0.3 is 0 Å². The molecular weight excluding hydrogens is 857 g/mol. The Balaban J connectivity index is 1.18. The minimum absolute atomic E-state index is 1.08. The summed E-state index contributed by atoms with van der Waals surface area (Å²) in [5.41, 5.74) is 15.0. The van der Waals surface area contributed by atoms with Gasteiger partial charge in [-0.05, 0) is 173 Å². The molecular formula is C69H48N2. The molecule has 13 aromatic carbocycles. The molecule has 0 aromatic heterocycles. The van der Waals surface area contributed by atoms with Crippen LogP contribution in [0.15, 0.2) is 273 Å². The van der Waals surface area contributed by atoms with Crippen molar-refractivity contribution in [1.82, 2.24) is 0 Å². The molecule has 0 bridgehead atoms. The van der Waals surface area contributed by atoms with E-state index in [2.05, 4.69) is 290 Å². The summed E-state index contributed by atoms with van der Waals surface area (Å²) in [6.07, 6.45) is 0. The summed E-state index contributed by atoms with van der Waals surface area (Å²) in [6, 6.07) is 100. The highest BCUT2D eigenvalue weighted by Gasteiger charge is 2.24. The first kappa shape index (κ1) is 41.9. The quantitative estimate of drug-likeness (QED) is 0.133. The maximum absolute atomic E-state index is 2.46. The zero-order valence-electron chi connectivity index (χ0n) is 39.4. The summed E-state index contributed by atoms with van der Waals surface area (Å²) >= 11 is 0. The molecule has 0 heterocycles. The predicted molar refractivity (Wildman–Crippen MR) is 304 cm³/mol. The largest absolute Gasteiger partial charge is 0.310 e. The van der Waals surface area contributed by atoms with Crippen LogP contribution in [0.3, 0.4) is 0 Å². The number of hydrogen-bond acceptors (Lipinski definition) is 2. The van der Waals surface area contributed by atoms with Crippen LogP contribution in [0.1, 0.15) is 5.56 Å². The minimum atomic E-state index is 1.08. The van der Waals surface area contributed by atoms with Crippen LogP contribution in [-0.2, 0) is 0 Å². The second-order valence-electron chi connectivity index (χ2n) is 18.6. The van der Waals surface area contributed by atoms with Gasteiger partial charge in [0.05, 0.1) is 0 Å². The lowest BCUT2D eigenvalue weighted by Gasteiger charge is -2.28. The number of aryl methyl sites for hydroxylation is 1. The highest BCUT2D eigenvalue weighted by molar-refractivity contribution is 6.33. The summed E-state index contributed by atoms with van der Waals surface area (Å²) in [7, 11) is 0. The topological polar surface area (TPSA) is 6.48 Å². The fourth-order valence-electron chi connectivity index (χ4n) is 10.8. The Morgan fingerprint density at radius 2 is 0.634 bits per heavy atom. The van der Waals surface area contributed by atoms with Gasteiger partial charge in [-0.25, -0.2) is 0 Å². The molecule has 13 aromatic rings. The van der Waals surface area contributed by atoms with Crippen molar-refractivity contribution in [2.24, 2.45) is 0 Å². The van der Waals surface area contributed by atoms with Crippen LogP contribution in [0.2, 0.25) is 0 Å². The number of nitrogens with zero attached hydrogens (tertiary/aromatic N) is 2. The van der Waals surface area contributed by atoms with Crippen LogP contribution < -0.4 is 9.80 Å². The number of hydrogen-bond donors (Lipinski definition) is 0. The standard InChI is InChI=1S/C69H48N2/c1-47-30-32-51(33-31-47)63-46-64(50-20-6-2-7-21-50)68-61-40-38-59(70(55-26-10-4-11-27-55)57-36-34-48-18-14-16-24-53(48)42-57)44-65(61)66-45-60(39-41-62(66)69(68)67(63)52-22-8-3-9-23-52)71(56-28-12-5-13-29-56)58-37-35-49-19-15-17-25-54(49)43-58/h2-46H,1H3. The summed E-state index contributed by atoms with van der Waals surface area (Å²) in [5, 5.41) is 12.1. The van der Waals surface area contributed by atoms with Crippen LogP contribution in [-0.4, -0.2) is 0 Å². The molecule has 0 aliphatic carbocycles. The lowest BCUT2D eigenvalue weighted by Crippen LogP contribution is -2.10. The van der Waals surface area contributed by atoms with Crippen molar-refractivity contribution in [2.45, 2.75) is 6.92 Å². The summed E-state index contributed by atoms with van der Waals surface area (Å²) < 4.78 is 0. The van der Waals surface area contributed by atoms with Crippen molar-refractivity contribution in [2.75, 3.05) is 9.80 Å². The van der Waals surface area contributed by atoms with E-state index in [1.54, 1.807) is 0 Å². The molecule has 71 heavy (non-hydrogen) atoms. The SMILES string of the molecule is Cc1ccc(-c2cc(-c3ccccc3)c3c4ccc(N(c5ccccc5)c5ccc6ccccc6c5)cc4c4cc(N(c5ccccc5)c5ccc6ccccc6c5)ccc4c3c2-c2ccccc2)cc1. The van der Waals surface area contributed by atoms with E-state index in [0.29, 0.717) is 0 Å². The predicted octanol–water partition coefficient (Wildman–Crippen LogP) is 19.7. The highest BCUT2D eigenvalue weighted by Crippen LogP contribution is 2.51. The van der Waals surface area contributed by atoms with Crippen LogP contribution >= 0.6 is 0 Å². The molecule has 334 valence electrons. The molecule has 0 aliphatic rings. The Labute approximate surface area is 414 Å². The van der Waals surface area contributed by atoms with E-state index in [4.69, 9.17) is 0 Å². The van der Waals surface area contributed by atoms with Gasteiger partial charge in [-0.3, -0.25) is 0 Å². The maximum atomic E-state index is 2.46. The monoisotopic (exact) mass is 904 g/mol. The molecule has 0 fully saturated rings. The Bertz CT molecular complexity index is 4090. The number of benzene rings is 13. The number of para-hydroxylation sites is 2. The lowest BCUT2D eigenvalue weighted by atomic mass is 9.81. The van der Waals surface area contributed by atoms with E-state index in [9.17, 15) is 0 Å². The Morgan fingerprint density at radius 3 is 1.14 bits per heavy atom. The Hall–Kier alpha value is -9.24. The van der Waals surface area contributed by atoms with Gasteiger partial charge in [0, 0.05) is 34.1 Å². The lowest BCUT2D eigenvalue weighted by molar-refractivity contribution is 1.29. The third kappa shape index (κ3) is 7.54. The first-order valence-electron chi connectivity index (χ1n) is 24.5. The number of rotatable bonds is 9. The molecule has 0 unspecified atom stereocenters. The van der Waals surface area contributed by atoms with Crippen LogP contribution in [0, 0.1) is 6.92 Å². The fraction of sp³-hybridized carbons (Fsp3) is 0.0145. The minimum Gasteiger partial charge on any atom is -0.310 e. The van der Waals surface area contributed by atoms with Gasteiger partial charge in [0.2, 0.25) is 0 Å². The molecule has 0 amide bonds. The smallest absolute Gasteiger partial charge is 0.0468 e. The van der Waals surface area contributed by atoms with Gasteiger partial charge in [0.25, 0.3) is 0 Å². The van der Waals surface area contributed by atoms with Crippen molar-refractivity contribution in [3.8, 4) is 33.4 Å². The van der Waals surface area contributed by atoms with Crippen molar-refractivity contribution in [3.05, 3.63) is 279 Å². The molecule has 0 radical (unpaired) electrons. The molecule has 0 saturated carbocycles. The molecule has 0 N–H and O–H groups in total. The second kappa shape index (κ2) is 17.7. The van der Waals surface area contributed by atoms with E-state index < -0.39 is 0 Å². The van der Waals surface area contributed by atoms with E-state index in [1.165, 1.54) is 92.8 Å². The van der Waals surface area contributed by atoms with E-state index in [0.717, 1.165) is 34.1 Å². The summed E-state index contributed by atoms with van der Waals surface area (Å²) in [5.74, 6) is 0. The normalized spacial score (nSPS) is 11.5. The summed E-state index contributed by atoms with van der Waals surface area (Å²) in [6.45, 7) is 2.17. The second-order valence-corrected chi connectivity index (χ2v) is 18.6. The molecule has 2 heteroatoms. The van der Waals surface area contributed by atoms with E-state index in [1.807, 2.05) is 0 Å². The molecule has 0 saturated heterocycles. The average molecular weight is 905 g/mol. The van der Waals surface area contributed by atoms with Gasteiger partial charge in [0.15, 0.2) is 0 Å². The molecule has 0 spiro atoms. The average Bonchev–Trinajstić information content (AvgIpc) is 3.44. The van der Waals surface area contributed by atoms with Crippen LogP contribution in [0.25, 0.3) is 87.2 Å². The van der Waals surface area contributed by atoms with Gasteiger partial charge in [-0.2, -0.15) is 0 Å². The van der Waals surface area contributed by atoms with Crippen molar-refractivity contribution >= 4 is 88.0 Å². The number of fused-ring (bicyclic) bond motifs is 8. The van der Waals surface area contributed by atoms with Crippen LogP contribution in [0.5, 0.6) is 0 Å². The van der Waals surface area contributed by atoms with E-state index >= 15 is 0 Å². The molecule has 0 aliphatic heterocycles. The van der Waals surface area contributed by atoms with Gasteiger partial charge < -0.3 is 9.80 Å². The number of anilines is 6. The Kier molecular flexibility index (Phi) is 10.4. The first-order valence-corrected chi connectivity index (χ1v) is 24.5. The summed E-state index contributed by atoms with van der Waals surface area (Å²) in [4.78, 5) is 4.82. The van der Waals surface area contributed by atoms with Gasteiger partial charge in [-0.1, -0.05) is 200 Å². The van der Waals surface area contributed by atoms with Crippen molar-refractivity contribution in [3.63, 3.8) is 0 Å². The maximum Gasteiger partial charge on any atom is 0.0468 e.